The molecular formula is C17H33N3. The summed E-state index contributed by atoms with van der Waals surface area (Å²) in [4.78, 5) is 5.48. The van der Waals surface area contributed by atoms with Gasteiger partial charge >= 0.3 is 0 Å². The van der Waals surface area contributed by atoms with E-state index in [0.29, 0.717) is 0 Å². The molecule has 1 N–H and O–H groups in total. The van der Waals surface area contributed by atoms with Crippen LogP contribution >= 0.6 is 0 Å². The summed E-state index contributed by atoms with van der Waals surface area (Å²) in [6, 6.07) is 1.74. The van der Waals surface area contributed by atoms with Crippen LogP contribution in [-0.2, 0) is 0 Å². The zero-order chi connectivity index (χ0) is 13.8. The first-order valence-corrected chi connectivity index (χ1v) is 9.06. The molecule has 0 bridgehead atoms. The van der Waals surface area contributed by atoms with Gasteiger partial charge in [0.15, 0.2) is 0 Å². The molecule has 3 rings (SSSR count). The van der Waals surface area contributed by atoms with Gasteiger partial charge in [0, 0.05) is 44.8 Å². The van der Waals surface area contributed by atoms with Crippen molar-refractivity contribution >= 4 is 0 Å². The predicted octanol–water partition coefficient (Wildman–Crippen LogP) is 2.32. The number of piperazine rings is 1. The molecule has 3 heteroatoms. The average Bonchev–Trinajstić information content (AvgIpc) is 3.30. The molecule has 116 valence electrons. The number of nitrogens with one attached hydrogen (secondary N) is 1. The maximum absolute atomic E-state index is 3.76. The van der Waals surface area contributed by atoms with E-state index < -0.39 is 0 Å². The van der Waals surface area contributed by atoms with E-state index in [1.807, 2.05) is 0 Å². The van der Waals surface area contributed by atoms with E-state index in [-0.39, 0.29) is 0 Å². The monoisotopic (exact) mass is 279 g/mol. The summed E-state index contributed by atoms with van der Waals surface area (Å²) < 4.78 is 0. The molecule has 1 aliphatic heterocycles. The molecule has 0 aromatic rings. The Kier molecular flexibility index (Phi) is 5.36. The Bertz CT molecular complexity index is 282. The predicted molar refractivity (Wildman–Crippen MR) is 85.1 cm³/mol. The van der Waals surface area contributed by atoms with E-state index in [0.717, 1.165) is 24.5 Å². The summed E-state index contributed by atoms with van der Waals surface area (Å²) in [5.41, 5.74) is 0. The zero-order valence-corrected chi connectivity index (χ0v) is 13.3. The van der Waals surface area contributed by atoms with Crippen molar-refractivity contribution in [3.63, 3.8) is 0 Å². The van der Waals surface area contributed by atoms with Gasteiger partial charge in [0.05, 0.1) is 0 Å². The minimum Gasteiger partial charge on any atom is -0.314 e. The lowest BCUT2D eigenvalue weighted by molar-refractivity contribution is 0.103. The minimum atomic E-state index is 0.781. The first kappa shape index (κ1) is 14.8. The van der Waals surface area contributed by atoms with Gasteiger partial charge in [-0.05, 0) is 38.1 Å². The molecule has 20 heavy (non-hydrogen) atoms. The van der Waals surface area contributed by atoms with Gasteiger partial charge < -0.3 is 10.2 Å². The van der Waals surface area contributed by atoms with Crippen molar-refractivity contribution in [2.75, 3.05) is 39.3 Å². The van der Waals surface area contributed by atoms with Crippen LogP contribution in [0.1, 0.15) is 51.9 Å². The molecule has 1 saturated heterocycles. The van der Waals surface area contributed by atoms with Gasteiger partial charge in [0.2, 0.25) is 0 Å². The lowest BCUT2D eigenvalue weighted by Gasteiger charge is -2.38. The van der Waals surface area contributed by atoms with Crippen LogP contribution in [0.2, 0.25) is 0 Å². The molecule has 3 aliphatic rings. The number of hydrogen-bond acceptors (Lipinski definition) is 3. The third kappa shape index (κ3) is 3.96. The summed E-state index contributed by atoms with van der Waals surface area (Å²) in [6.45, 7) is 10.0. The molecule has 2 atom stereocenters. The second-order valence-corrected chi connectivity index (χ2v) is 7.13. The number of hydrogen-bond donors (Lipinski definition) is 1. The van der Waals surface area contributed by atoms with Crippen LogP contribution in [0.3, 0.4) is 0 Å². The lowest BCUT2D eigenvalue weighted by atomic mass is 9.93. The van der Waals surface area contributed by atoms with Crippen molar-refractivity contribution in [2.45, 2.75) is 64.0 Å². The van der Waals surface area contributed by atoms with Crippen molar-refractivity contribution < 1.29 is 0 Å². The smallest absolute Gasteiger partial charge is 0.0113 e. The third-order valence-electron chi connectivity index (χ3n) is 5.59. The maximum atomic E-state index is 3.76. The topological polar surface area (TPSA) is 18.5 Å². The van der Waals surface area contributed by atoms with Crippen LogP contribution in [0.15, 0.2) is 0 Å². The van der Waals surface area contributed by atoms with Gasteiger partial charge in [-0.3, -0.25) is 4.90 Å². The van der Waals surface area contributed by atoms with Crippen LogP contribution in [0.4, 0.5) is 0 Å². The second-order valence-electron chi connectivity index (χ2n) is 7.13. The van der Waals surface area contributed by atoms with Crippen molar-refractivity contribution in [1.29, 1.82) is 0 Å². The summed E-state index contributed by atoms with van der Waals surface area (Å²) in [6.07, 6.45) is 10.1. The average molecular weight is 279 g/mol. The van der Waals surface area contributed by atoms with Crippen LogP contribution in [0.5, 0.6) is 0 Å². The molecular weight excluding hydrogens is 246 g/mol. The molecule has 2 unspecified atom stereocenters. The van der Waals surface area contributed by atoms with Crippen molar-refractivity contribution in [3.05, 3.63) is 0 Å². The zero-order valence-electron chi connectivity index (χ0n) is 13.3. The van der Waals surface area contributed by atoms with Gasteiger partial charge in [0.1, 0.15) is 0 Å². The molecule has 3 nitrogen and oxygen atoms in total. The Morgan fingerprint density at radius 1 is 0.900 bits per heavy atom. The Morgan fingerprint density at radius 2 is 1.65 bits per heavy atom. The first-order valence-electron chi connectivity index (χ1n) is 9.06. The van der Waals surface area contributed by atoms with Crippen LogP contribution in [0.25, 0.3) is 0 Å². The summed E-state index contributed by atoms with van der Waals surface area (Å²) in [7, 11) is 0. The van der Waals surface area contributed by atoms with Crippen LogP contribution in [-0.4, -0.2) is 61.2 Å². The maximum Gasteiger partial charge on any atom is 0.0113 e. The molecule has 1 heterocycles. The lowest BCUT2D eigenvalue weighted by Crippen LogP contribution is -2.50. The van der Waals surface area contributed by atoms with Gasteiger partial charge in [-0.15, -0.1) is 0 Å². The fraction of sp³-hybridized carbons (Fsp3) is 1.00. The van der Waals surface area contributed by atoms with E-state index in [1.54, 1.807) is 0 Å². The quantitative estimate of drug-likeness (QED) is 0.779. The van der Waals surface area contributed by atoms with E-state index >= 15 is 0 Å². The van der Waals surface area contributed by atoms with E-state index in [1.165, 1.54) is 77.7 Å². The molecule has 0 radical (unpaired) electrons. The van der Waals surface area contributed by atoms with E-state index in [4.69, 9.17) is 0 Å². The summed E-state index contributed by atoms with van der Waals surface area (Å²) >= 11 is 0. The molecule has 2 saturated carbocycles. The minimum absolute atomic E-state index is 0.781. The van der Waals surface area contributed by atoms with E-state index in [2.05, 4.69) is 22.0 Å². The van der Waals surface area contributed by atoms with Gasteiger partial charge in [0.25, 0.3) is 0 Å². The second kappa shape index (κ2) is 7.24. The Balaban J connectivity index is 1.47. The van der Waals surface area contributed by atoms with Crippen molar-refractivity contribution in [2.24, 2.45) is 5.92 Å². The fourth-order valence-electron chi connectivity index (χ4n) is 4.22. The normalized spacial score (nSPS) is 34.0. The molecule has 3 fully saturated rings. The molecule has 0 amide bonds. The summed E-state index contributed by atoms with van der Waals surface area (Å²) in [5.74, 6) is 0.893. The molecule has 2 aliphatic carbocycles. The van der Waals surface area contributed by atoms with Gasteiger partial charge in [-0.25, -0.2) is 0 Å². The Morgan fingerprint density at radius 3 is 2.35 bits per heavy atom. The first-order chi connectivity index (χ1) is 9.86. The summed E-state index contributed by atoms with van der Waals surface area (Å²) in [5, 5.41) is 3.76. The highest BCUT2D eigenvalue weighted by molar-refractivity contribution is 4.89. The molecule has 0 aromatic heterocycles. The highest BCUT2D eigenvalue weighted by Gasteiger charge is 2.32. The van der Waals surface area contributed by atoms with Crippen molar-refractivity contribution in [1.82, 2.24) is 15.1 Å². The Labute approximate surface area is 125 Å². The third-order valence-corrected chi connectivity index (χ3v) is 5.59. The van der Waals surface area contributed by atoms with E-state index in [9.17, 15) is 0 Å². The number of nitrogens with zero attached hydrogens (tertiary/aromatic N) is 2. The van der Waals surface area contributed by atoms with Crippen molar-refractivity contribution in [3.8, 4) is 0 Å². The number of rotatable bonds is 5. The largest absolute Gasteiger partial charge is 0.314 e. The van der Waals surface area contributed by atoms with Gasteiger partial charge in [-0.1, -0.05) is 26.2 Å². The molecule has 0 spiro atoms. The van der Waals surface area contributed by atoms with Crippen LogP contribution < -0.4 is 5.32 Å². The fourth-order valence-corrected chi connectivity index (χ4v) is 4.22. The Hall–Kier alpha value is -0.120. The van der Waals surface area contributed by atoms with Gasteiger partial charge in [-0.2, -0.15) is 0 Å². The van der Waals surface area contributed by atoms with Crippen LogP contribution in [0, 0.1) is 5.92 Å². The SMILES string of the molecule is CCNC1CCCCCC1CN1CCN(C2CC2)CC1. The highest BCUT2D eigenvalue weighted by atomic mass is 15.3. The molecule has 0 aromatic carbocycles. The standard InChI is InChI=1S/C17H33N3/c1-2-18-17-7-5-3-4-6-15(17)14-19-10-12-20(13-11-19)16-8-9-16/h15-18H,2-14H2,1H3. The highest BCUT2D eigenvalue weighted by Crippen LogP contribution is 2.28.